The molecule has 6 atom stereocenters. The number of phenolic OH excluding ortho intramolecular Hbond substituents is 1. The second-order valence-electron chi connectivity index (χ2n) is 8.62. The molecule has 0 aromatic heterocycles. The third-order valence-electron chi connectivity index (χ3n) is 8.04. The zero-order valence-electron chi connectivity index (χ0n) is 14.6. The van der Waals surface area contributed by atoms with Gasteiger partial charge in [-0.05, 0) is 74.1 Å². The van der Waals surface area contributed by atoms with E-state index < -0.39 is 11.7 Å². The molecule has 0 spiro atoms. The second-order valence-corrected chi connectivity index (χ2v) is 8.62. The second kappa shape index (κ2) is 4.86. The molecule has 4 rings (SSSR count). The Morgan fingerprint density at radius 3 is 2.71 bits per heavy atom. The number of rotatable bonds is 1. The van der Waals surface area contributed by atoms with Gasteiger partial charge in [-0.15, -0.1) is 6.58 Å². The molecule has 3 N–H and O–H groups in total. The summed E-state index contributed by atoms with van der Waals surface area (Å²) in [4.78, 5) is 0. The minimum Gasteiger partial charge on any atom is -0.508 e. The Morgan fingerprint density at radius 1 is 1.25 bits per heavy atom. The minimum atomic E-state index is -1.08. The molecule has 0 amide bonds. The fourth-order valence-electron chi connectivity index (χ4n) is 6.41. The largest absolute Gasteiger partial charge is 0.508 e. The first-order valence-corrected chi connectivity index (χ1v) is 9.13. The van der Waals surface area contributed by atoms with E-state index in [1.54, 1.807) is 13.0 Å². The lowest BCUT2D eigenvalue weighted by Crippen LogP contribution is -2.56. The van der Waals surface area contributed by atoms with Crippen LogP contribution < -0.4 is 0 Å². The van der Waals surface area contributed by atoms with Crippen molar-refractivity contribution in [2.45, 2.75) is 63.6 Å². The van der Waals surface area contributed by atoms with Crippen molar-refractivity contribution in [2.24, 2.45) is 16.7 Å². The van der Waals surface area contributed by atoms with Crippen molar-refractivity contribution in [1.29, 1.82) is 0 Å². The van der Waals surface area contributed by atoms with Gasteiger partial charge in [0.1, 0.15) is 5.75 Å². The van der Waals surface area contributed by atoms with E-state index in [0.29, 0.717) is 24.0 Å². The Morgan fingerprint density at radius 2 is 2.00 bits per heavy atom. The van der Waals surface area contributed by atoms with Gasteiger partial charge in [-0.25, -0.2) is 0 Å². The molecule has 3 aliphatic carbocycles. The molecule has 3 aliphatic rings. The zero-order chi connectivity index (χ0) is 17.3. The summed E-state index contributed by atoms with van der Waals surface area (Å²) in [5, 5.41) is 31.5. The van der Waals surface area contributed by atoms with Crippen LogP contribution >= 0.6 is 0 Å². The normalized spacial score (nSPS) is 46.8. The summed E-state index contributed by atoms with van der Waals surface area (Å²) in [6, 6.07) is 5.76. The van der Waals surface area contributed by atoms with E-state index in [0.717, 1.165) is 25.7 Å². The molecular weight excluding hydrogens is 300 g/mol. The third kappa shape index (κ3) is 1.70. The molecule has 130 valence electrons. The summed E-state index contributed by atoms with van der Waals surface area (Å²) in [5.74, 6) is 1.14. The molecule has 0 heterocycles. The summed E-state index contributed by atoms with van der Waals surface area (Å²) in [7, 11) is 0. The highest BCUT2D eigenvalue weighted by Gasteiger charge is 2.70. The van der Waals surface area contributed by atoms with Crippen molar-refractivity contribution in [3.05, 3.63) is 42.0 Å². The predicted octanol–water partition coefficient (Wildman–Crippen LogP) is 3.53. The number of aliphatic hydroxyl groups excluding tert-OH is 1. The van der Waals surface area contributed by atoms with Crippen LogP contribution in [0.15, 0.2) is 30.9 Å². The average Bonchev–Trinajstić information content (AvgIpc) is 2.71. The first-order chi connectivity index (χ1) is 11.3. The smallest absolute Gasteiger partial charge is 0.115 e. The molecule has 1 aromatic rings. The van der Waals surface area contributed by atoms with Gasteiger partial charge in [0.05, 0.1) is 11.7 Å². The predicted molar refractivity (Wildman–Crippen MR) is 93.9 cm³/mol. The maximum atomic E-state index is 11.1. The van der Waals surface area contributed by atoms with E-state index in [2.05, 4.69) is 19.6 Å². The minimum absolute atomic E-state index is 0.242. The Kier molecular flexibility index (Phi) is 3.27. The SMILES string of the molecule is C=C[C@@]12CC(O)[C@](C)(O)C1(C)CCC1c3ccc(O)cc3CCC12. The summed E-state index contributed by atoms with van der Waals surface area (Å²) >= 11 is 0. The van der Waals surface area contributed by atoms with Crippen LogP contribution in [-0.4, -0.2) is 27.0 Å². The maximum Gasteiger partial charge on any atom is 0.115 e. The zero-order valence-corrected chi connectivity index (χ0v) is 14.6. The van der Waals surface area contributed by atoms with Crippen LogP contribution in [0.25, 0.3) is 0 Å². The summed E-state index contributed by atoms with van der Waals surface area (Å²) < 4.78 is 0. The van der Waals surface area contributed by atoms with Gasteiger partial charge in [-0.2, -0.15) is 0 Å². The van der Waals surface area contributed by atoms with Crippen LogP contribution in [0.2, 0.25) is 0 Å². The number of benzene rings is 1. The quantitative estimate of drug-likeness (QED) is 0.691. The van der Waals surface area contributed by atoms with Crippen molar-refractivity contribution in [1.82, 2.24) is 0 Å². The highest BCUT2D eigenvalue weighted by molar-refractivity contribution is 5.42. The lowest BCUT2D eigenvalue weighted by atomic mass is 9.46. The van der Waals surface area contributed by atoms with Gasteiger partial charge in [0.25, 0.3) is 0 Å². The molecule has 3 heteroatoms. The lowest BCUT2D eigenvalue weighted by Gasteiger charge is -2.58. The molecule has 2 fully saturated rings. The molecule has 1 aromatic carbocycles. The van der Waals surface area contributed by atoms with Crippen molar-refractivity contribution >= 4 is 0 Å². The number of hydrogen-bond donors (Lipinski definition) is 3. The Bertz CT molecular complexity index is 694. The van der Waals surface area contributed by atoms with Crippen LogP contribution in [0, 0.1) is 16.7 Å². The average molecular weight is 328 g/mol. The molecule has 4 unspecified atom stereocenters. The standard InChI is InChI=1S/C21H28O3/c1-4-21-12-18(23)20(3,24)19(21,2)10-9-16-15-7-6-14(22)11-13(15)5-8-17(16)21/h4,6-7,11,16-18,22-24H,1,5,8-10,12H2,2-3H3/t16?,17?,18?,19?,20-,21-/m0/s1. The lowest BCUT2D eigenvalue weighted by molar-refractivity contribution is -0.145. The summed E-state index contributed by atoms with van der Waals surface area (Å²) in [6.07, 6.45) is 5.78. The fourth-order valence-corrected chi connectivity index (χ4v) is 6.41. The molecular formula is C21H28O3. The van der Waals surface area contributed by atoms with E-state index in [-0.39, 0.29) is 10.8 Å². The van der Waals surface area contributed by atoms with Crippen molar-refractivity contribution < 1.29 is 15.3 Å². The Hall–Kier alpha value is -1.32. The number of hydrogen-bond acceptors (Lipinski definition) is 3. The van der Waals surface area contributed by atoms with Gasteiger partial charge in [0, 0.05) is 10.8 Å². The number of aromatic hydroxyl groups is 1. The molecule has 0 saturated heterocycles. The number of fused-ring (bicyclic) bond motifs is 5. The van der Waals surface area contributed by atoms with Gasteiger partial charge in [-0.1, -0.05) is 19.1 Å². The molecule has 0 bridgehead atoms. The highest BCUT2D eigenvalue weighted by atomic mass is 16.3. The molecule has 24 heavy (non-hydrogen) atoms. The van der Waals surface area contributed by atoms with Gasteiger partial charge < -0.3 is 15.3 Å². The summed E-state index contributed by atoms with van der Waals surface area (Å²) in [6.45, 7) is 8.11. The topological polar surface area (TPSA) is 60.7 Å². The molecule has 2 saturated carbocycles. The Balaban J connectivity index is 1.84. The van der Waals surface area contributed by atoms with E-state index in [4.69, 9.17) is 0 Å². The molecule has 0 aliphatic heterocycles. The van der Waals surface area contributed by atoms with E-state index in [9.17, 15) is 15.3 Å². The number of allylic oxidation sites excluding steroid dienone is 1. The van der Waals surface area contributed by atoms with Crippen LogP contribution in [0.3, 0.4) is 0 Å². The summed E-state index contributed by atoms with van der Waals surface area (Å²) in [5.41, 5.74) is 0.921. The fraction of sp³-hybridized carbons (Fsp3) is 0.619. The van der Waals surface area contributed by atoms with Crippen LogP contribution in [0.5, 0.6) is 5.75 Å². The first-order valence-electron chi connectivity index (χ1n) is 9.13. The monoisotopic (exact) mass is 328 g/mol. The van der Waals surface area contributed by atoms with Gasteiger partial charge >= 0.3 is 0 Å². The number of aryl methyl sites for hydroxylation is 1. The molecule has 3 nitrogen and oxygen atoms in total. The van der Waals surface area contributed by atoms with Gasteiger partial charge in [0.2, 0.25) is 0 Å². The van der Waals surface area contributed by atoms with Crippen LogP contribution in [-0.2, 0) is 6.42 Å². The number of phenols is 1. The first kappa shape index (κ1) is 16.2. The third-order valence-corrected chi connectivity index (χ3v) is 8.04. The van der Waals surface area contributed by atoms with E-state index in [1.165, 1.54) is 11.1 Å². The van der Waals surface area contributed by atoms with Crippen molar-refractivity contribution in [3.63, 3.8) is 0 Å². The number of aliphatic hydroxyl groups is 2. The Labute approximate surface area is 144 Å². The van der Waals surface area contributed by atoms with Crippen LogP contribution in [0.4, 0.5) is 0 Å². The van der Waals surface area contributed by atoms with Crippen LogP contribution in [0.1, 0.15) is 56.6 Å². The van der Waals surface area contributed by atoms with Gasteiger partial charge in [0.15, 0.2) is 0 Å². The molecule has 0 radical (unpaired) electrons. The van der Waals surface area contributed by atoms with Crippen molar-refractivity contribution in [2.75, 3.05) is 0 Å². The van der Waals surface area contributed by atoms with Crippen molar-refractivity contribution in [3.8, 4) is 5.75 Å². The maximum absolute atomic E-state index is 11.1. The highest BCUT2D eigenvalue weighted by Crippen LogP contribution is 2.71. The van der Waals surface area contributed by atoms with Gasteiger partial charge in [-0.3, -0.25) is 0 Å². The van der Waals surface area contributed by atoms with E-state index >= 15 is 0 Å². The van der Waals surface area contributed by atoms with E-state index in [1.807, 2.05) is 12.1 Å².